The number of nitrogens with zero attached hydrogens (tertiary/aromatic N) is 3. The topological polar surface area (TPSA) is 75.4 Å². The smallest absolute Gasteiger partial charge is 0.326 e. The second-order valence-corrected chi connectivity index (χ2v) is 5.80. The molecule has 0 radical (unpaired) electrons. The van der Waals surface area contributed by atoms with Gasteiger partial charge in [-0.05, 0) is 25.7 Å². The molecule has 20 heavy (non-hydrogen) atoms. The van der Waals surface area contributed by atoms with Gasteiger partial charge in [-0.25, -0.2) is 4.79 Å². The summed E-state index contributed by atoms with van der Waals surface area (Å²) in [6.07, 6.45) is 4.98. The van der Waals surface area contributed by atoms with Crippen LogP contribution < -0.4 is 0 Å². The maximum Gasteiger partial charge on any atom is 0.326 e. The molecule has 1 unspecified atom stereocenters. The molecular weight excluding hydrogens is 258 g/mol. The SMILES string of the molecule is CC(C)Cn1cc(C(=O)N(C2CC2)C(C)C(=O)O)cn1. The summed E-state index contributed by atoms with van der Waals surface area (Å²) in [5.74, 6) is -0.771. The van der Waals surface area contributed by atoms with E-state index in [1.54, 1.807) is 17.8 Å². The Morgan fingerprint density at radius 1 is 1.45 bits per heavy atom. The summed E-state index contributed by atoms with van der Waals surface area (Å²) in [5, 5.41) is 13.3. The van der Waals surface area contributed by atoms with Crippen LogP contribution in [0.4, 0.5) is 0 Å². The summed E-state index contributed by atoms with van der Waals surface area (Å²) in [7, 11) is 0. The Hall–Kier alpha value is -1.85. The number of hydrogen-bond donors (Lipinski definition) is 1. The monoisotopic (exact) mass is 279 g/mol. The molecular formula is C14H21N3O3. The van der Waals surface area contributed by atoms with E-state index in [-0.39, 0.29) is 11.9 Å². The summed E-state index contributed by atoms with van der Waals surface area (Å²) >= 11 is 0. The van der Waals surface area contributed by atoms with Crippen molar-refractivity contribution in [1.29, 1.82) is 0 Å². The van der Waals surface area contributed by atoms with E-state index in [9.17, 15) is 9.59 Å². The molecule has 1 aliphatic rings. The lowest BCUT2D eigenvalue weighted by molar-refractivity contribution is -0.141. The van der Waals surface area contributed by atoms with E-state index >= 15 is 0 Å². The zero-order valence-electron chi connectivity index (χ0n) is 12.1. The highest BCUT2D eigenvalue weighted by Gasteiger charge is 2.39. The van der Waals surface area contributed by atoms with E-state index in [2.05, 4.69) is 18.9 Å². The highest BCUT2D eigenvalue weighted by Crippen LogP contribution is 2.30. The van der Waals surface area contributed by atoms with Gasteiger partial charge in [0.1, 0.15) is 6.04 Å². The number of carbonyl (C=O) groups excluding carboxylic acids is 1. The Morgan fingerprint density at radius 3 is 2.60 bits per heavy atom. The van der Waals surface area contributed by atoms with E-state index in [1.165, 1.54) is 11.1 Å². The molecule has 1 atom stereocenters. The van der Waals surface area contributed by atoms with Gasteiger partial charge in [0.25, 0.3) is 5.91 Å². The minimum atomic E-state index is -0.972. The second-order valence-electron chi connectivity index (χ2n) is 5.80. The molecule has 1 aliphatic carbocycles. The largest absolute Gasteiger partial charge is 0.480 e. The molecule has 2 rings (SSSR count). The Balaban J connectivity index is 2.15. The Labute approximate surface area is 118 Å². The zero-order valence-corrected chi connectivity index (χ0v) is 12.1. The highest BCUT2D eigenvalue weighted by molar-refractivity contribution is 5.96. The van der Waals surface area contributed by atoms with E-state index in [4.69, 9.17) is 5.11 Å². The van der Waals surface area contributed by atoms with Gasteiger partial charge in [0.2, 0.25) is 0 Å². The molecule has 0 spiro atoms. The number of carboxylic acids is 1. The highest BCUT2D eigenvalue weighted by atomic mass is 16.4. The van der Waals surface area contributed by atoms with Crippen molar-refractivity contribution in [3.8, 4) is 0 Å². The van der Waals surface area contributed by atoms with Crippen LogP contribution in [0.15, 0.2) is 12.4 Å². The Kier molecular flexibility index (Phi) is 4.11. The summed E-state index contributed by atoms with van der Waals surface area (Å²) in [6.45, 7) is 6.45. The first-order chi connectivity index (χ1) is 9.40. The van der Waals surface area contributed by atoms with E-state index in [1.807, 2.05) is 0 Å². The molecule has 1 N–H and O–H groups in total. The first-order valence-corrected chi connectivity index (χ1v) is 6.98. The molecule has 1 saturated carbocycles. The van der Waals surface area contributed by atoms with Gasteiger partial charge in [-0.1, -0.05) is 13.8 Å². The van der Waals surface area contributed by atoms with Gasteiger partial charge in [0, 0.05) is 18.8 Å². The first-order valence-electron chi connectivity index (χ1n) is 6.98. The molecule has 0 saturated heterocycles. The van der Waals surface area contributed by atoms with Crippen LogP contribution in [0.1, 0.15) is 44.0 Å². The first kappa shape index (κ1) is 14.6. The number of amides is 1. The van der Waals surface area contributed by atoms with Crippen molar-refractivity contribution in [3.63, 3.8) is 0 Å². The second kappa shape index (κ2) is 5.64. The quantitative estimate of drug-likeness (QED) is 0.858. The van der Waals surface area contributed by atoms with Crippen molar-refractivity contribution < 1.29 is 14.7 Å². The van der Waals surface area contributed by atoms with Crippen molar-refractivity contribution in [1.82, 2.24) is 14.7 Å². The van der Waals surface area contributed by atoms with Gasteiger partial charge in [-0.3, -0.25) is 9.48 Å². The van der Waals surface area contributed by atoms with Crippen molar-refractivity contribution in [2.45, 2.75) is 52.2 Å². The minimum Gasteiger partial charge on any atom is -0.480 e. The van der Waals surface area contributed by atoms with Crippen molar-refractivity contribution in [2.75, 3.05) is 0 Å². The summed E-state index contributed by atoms with van der Waals surface area (Å²) in [4.78, 5) is 25.1. The van der Waals surface area contributed by atoms with Gasteiger partial charge in [-0.2, -0.15) is 5.10 Å². The predicted octanol–water partition coefficient (Wildman–Crippen LogP) is 1.62. The summed E-state index contributed by atoms with van der Waals surface area (Å²) in [5.41, 5.74) is 0.464. The standard InChI is InChI=1S/C14H21N3O3/c1-9(2)7-16-8-11(6-15-16)13(18)17(12-4-5-12)10(3)14(19)20/h6,8-10,12H,4-5,7H2,1-3H3,(H,19,20). The average molecular weight is 279 g/mol. The van der Waals surface area contributed by atoms with Crippen LogP contribution in [-0.4, -0.2) is 43.7 Å². The van der Waals surface area contributed by atoms with E-state index in [0.29, 0.717) is 11.5 Å². The van der Waals surface area contributed by atoms with Gasteiger partial charge >= 0.3 is 5.97 Å². The minimum absolute atomic E-state index is 0.0575. The lowest BCUT2D eigenvalue weighted by Crippen LogP contribution is -2.44. The molecule has 0 aromatic carbocycles. The average Bonchev–Trinajstić information content (AvgIpc) is 3.08. The number of carboxylic acid groups (broad SMARTS) is 1. The van der Waals surface area contributed by atoms with Crippen LogP contribution >= 0.6 is 0 Å². The van der Waals surface area contributed by atoms with E-state index < -0.39 is 12.0 Å². The molecule has 0 aliphatic heterocycles. The maximum absolute atomic E-state index is 12.5. The van der Waals surface area contributed by atoms with Crippen LogP contribution in [0.3, 0.4) is 0 Å². The lowest BCUT2D eigenvalue weighted by atomic mass is 10.2. The molecule has 6 heteroatoms. The molecule has 1 amide bonds. The van der Waals surface area contributed by atoms with Gasteiger partial charge in [0.15, 0.2) is 0 Å². The van der Waals surface area contributed by atoms with Crippen LogP contribution in [-0.2, 0) is 11.3 Å². The molecule has 0 bridgehead atoms. The number of carbonyl (C=O) groups is 2. The molecule has 1 fully saturated rings. The van der Waals surface area contributed by atoms with Gasteiger partial charge in [0.05, 0.1) is 11.8 Å². The Morgan fingerprint density at radius 2 is 2.10 bits per heavy atom. The van der Waals surface area contributed by atoms with Crippen molar-refractivity contribution in [2.24, 2.45) is 5.92 Å². The third-order valence-electron chi connectivity index (χ3n) is 3.38. The zero-order chi connectivity index (χ0) is 14.9. The van der Waals surface area contributed by atoms with Gasteiger partial charge < -0.3 is 10.0 Å². The molecule has 1 aromatic rings. The van der Waals surface area contributed by atoms with Crippen molar-refractivity contribution >= 4 is 11.9 Å². The lowest BCUT2D eigenvalue weighted by Gasteiger charge is -2.25. The molecule has 1 aromatic heterocycles. The third-order valence-corrected chi connectivity index (χ3v) is 3.38. The number of rotatable bonds is 6. The van der Waals surface area contributed by atoms with Crippen LogP contribution in [0, 0.1) is 5.92 Å². The fraction of sp³-hybridized carbons (Fsp3) is 0.643. The van der Waals surface area contributed by atoms with Crippen molar-refractivity contribution in [3.05, 3.63) is 18.0 Å². The number of hydrogen-bond acceptors (Lipinski definition) is 3. The third kappa shape index (κ3) is 3.18. The Bertz CT molecular complexity index is 506. The van der Waals surface area contributed by atoms with Crippen LogP contribution in [0.25, 0.3) is 0 Å². The summed E-state index contributed by atoms with van der Waals surface area (Å²) < 4.78 is 1.73. The van der Waals surface area contributed by atoms with Crippen LogP contribution in [0.5, 0.6) is 0 Å². The normalized spacial score (nSPS) is 16.2. The fourth-order valence-corrected chi connectivity index (χ4v) is 2.23. The number of aromatic nitrogens is 2. The van der Waals surface area contributed by atoms with Gasteiger partial charge in [-0.15, -0.1) is 0 Å². The fourth-order valence-electron chi connectivity index (χ4n) is 2.23. The van der Waals surface area contributed by atoms with E-state index in [0.717, 1.165) is 19.4 Å². The maximum atomic E-state index is 12.5. The molecule has 110 valence electrons. The van der Waals surface area contributed by atoms with Crippen LogP contribution in [0.2, 0.25) is 0 Å². The summed E-state index contributed by atoms with van der Waals surface area (Å²) in [6, 6.07) is -0.745. The number of aliphatic carboxylic acids is 1. The molecule has 6 nitrogen and oxygen atoms in total. The molecule has 1 heterocycles. The predicted molar refractivity (Wildman–Crippen MR) is 73.4 cm³/mol.